The van der Waals surface area contributed by atoms with Gasteiger partial charge in [0.1, 0.15) is 5.82 Å². The number of rotatable bonds is 4. The number of hydrogen-bond acceptors (Lipinski definition) is 4. The Kier molecular flexibility index (Phi) is 5.41. The number of hydrogen-bond donors (Lipinski definition) is 1. The normalized spacial score (nSPS) is 16.3. The molecule has 0 saturated carbocycles. The van der Waals surface area contributed by atoms with Crippen LogP contribution in [0.15, 0.2) is 42.5 Å². The van der Waals surface area contributed by atoms with Gasteiger partial charge in [-0.2, -0.15) is 0 Å². The third-order valence-corrected chi connectivity index (χ3v) is 4.61. The lowest BCUT2D eigenvalue weighted by molar-refractivity contribution is -0.122. The molecule has 0 aliphatic carbocycles. The van der Waals surface area contributed by atoms with Crippen molar-refractivity contribution in [3.8, 4) is 0 Å². The number of nitrogens with one attached hydrogen (secondary N) is 1. The van der Waals surface area contributed by atoms with Crippen LogP contribution in [0, 0.1) is 11.7 Å². The van der Waals surface area contributed by atoms with Crippen molar-refractivity contribution in [2.75, 3.05) is 23.9 Å². The van der Waals surface area contributed by atoms with Crippen molar-refractivity contribution in [3.63, 3.8) is 0 Å². The van der Waals surface area contributed by atoms with Gasteiger partial charge in [0.25, 0.3) is 0 Å². The molecule has 0 bridgehead atoms. The van der Waals surface area contributed by atoms with Gasteiger partial charge >= 0.3 is 5.97 Å². The quantitative estimate of drug-likeness (QED) is 0.813. The topological polar surface area (TPSA) is 75.7 Å². The molecule has 2 aromatic rings. The van der Waals surface area contributed by atoms with E-state index < -0.39 is 23.6 Å². The molecule has 1 saturated heterocycles. The minimum Gasteiger partial charge on any atom is -0.465 e. The summed E-state index contributed by atoms with van der Waals surface area (Å²) in [6.07, 6.45) is -0.0471. The Morgan fingerprint density at radius 2 is 2.00 bits per heavy atom. The highest BCUT2D eigenvalue weighted by molar-refractivity contribution is 6.34. The molecule has 3 rings (SSSR count). The van der Waals surface area contributed by atoms with E-state index in [9.17, 15) is 18.8 Å². The number of ether oxygens (including phenoxy) is 1. The van der Waals surface area contributed by atoms with Crippen LogP contribution in [0.25, 0.3) is 0 Å². The largest absolute Gasteiger partial charge is 0.465 e. The second kappa shape index (κ2) is 7.75. The molecular formula is C19H16ClFN2O4. The van der Waals surface area contributed by atoms with Crippen LogP contribution < -0.4 is 10.2 Å². The lowest BCUT2D eigenvalue weighted by Gasteiger charge is -2.17. The van der Waals surface area contributed by atoms with Crippen LogP contribution in [-0.2, 0) is 14.3 Å². The van der Waals surface area contributed by atoms with Gasteiger partial charge in [0.05, 0.1) is 35.0 Å². The molecule has 1 aliphatic rings. The van der Waals surface area contributed by atoms with E-state index in [4.69, 9.17) is 11.6 Å². The number of benzene rings is 2. The van der Waals surface area contributed by atoms with Crippen molar-refractivity contribution in [1.29, 1.82) is 0 Å². The molecule has 1 atom stereocenters. The summed E-state index contributed by atoms with van der Waals surface area (Å²) in [7, 11) is 1.25. The van der Waals surface area contributed by atoms with Crippen LogP contribution in [0.4, 0.5) is 15.8 Å². The van der Waals surface area contributed by atoms with E-state index in [1.165, 1.54) is 48.4 Å². The predicted molar refractivity (Wildman–Crippen MR) is 98.3 cm³/mol. The van der Waals surface area contributed by atoms with Crippen molar-refractivity contribution >= 4 is 40.8 Å². The molecule has 6 nitrogen and oxygen atoms in total. The zero-order valence-corrected chi connectivity index (χ0v) is 15.1. The highest BCUT2D eigenvalue weighted by Gasteiger charge is 2.36. The number of methoxy groups -OCH3 is 1. The molecular weight excluding hydrogens is 375 g/mol. The van der Waals surface area contributed by atoms with Gasteiger partial charge in [0.2, 0.25) is 11.8 Å². The predicted octanol–water partition coefficient (Wildman–Crippen LogP) is 3.26. The first-order valence-corrected chi connectivity index (χ1v) is 8.52. The monoisotopic (exact) mass is 390 g/mol. The number of esters is 1. The fourth-order valence-corrected chi connectivity index (χ4v) is 3.05. The average Bonchev–Trinajstić information content (AvgIpc) is 3.05. The van der Waals surface area contributed by atoms with Crippen LogP contribution in [0.3, 0.4) is 0 Å². The number of nitrogens with zero attached hydrogens (tertiary/aromatic N) is 1. The molecule has 0 radical (unpaired) electrons. The minimum absolute atomic E-state index is 0.0471. The fraction of sp³-hybridized carbons (Fsp3) is 0.211. The summed E-state index contributed by atoms with van der Waals surface area (Å²) in [4.78, 5) is 37.7. The Morgan fingerprint density at radius 1 is 1.26 bits per heavy atom. The van der Waals surface area contributed by atoms with Gasteiger partial charge in [-0.05, 0) is 30.3 Å². The van der Waals surface area contributed by atoms with Gasteiger partial charge in [0.15, 0.2) is 0 Å². The summed E-state index contributed by atoms with van der Waals surface area (Å²) >= 11 is 6.08. The van der Waals surface area contributed by atoms with Gasteiger partial charge in [-0.25, -0.2) is 9.18 Å². The zero-order chi connectivity index (χ0) is 19.6. The standard InChI is InChI=1S/C19H16ClFN2O4/c1-27-19(26)11-6-7-13(20)15(8-11)22-18(25)12-9-17(24)23(10-12)16-5-3-2-4-14(16)21/h2-8,12H,9-10H2,1H3,(H,22,25). The summed E-state index contributed by atoms with van der Waals surface area (Å²) in [5, 5.41) is 2.87. The fourth-order valence-electron chi connectivity index (χ4n) is 2.89. The highest BCUT2D eigenvalue weighted by Crippen LogP contribution is 2.29. The lowest BCUT2D eigenvalue weighted by Crippen LogP contribution is -2.28. The molecule has 1 unspecified atom stereocenters. The Labute approximate surface area is 159 Å². The second-order valence-electron chi connectivity index (χ2n) is 6.03. The summed E-state index contributed by atoms with van der Waals surface area (Å²) in [5.74, 6) is -2.54. The Balaban J connectivity index is 1.75. The molecule has 0 aromatic heterocycles. The number of carbonyl (C=O) groups is 3. The van der Waals surface area contributed by atoms with E-state index in [2.05, 4.69) is 10.1 Å². The molecule has 27 heavy (non-hydrogen) atoms. The third kappa shape index (κ3) is 3.93. The number of halogens is 2. The van der Waals surface area contributed by atoms with Crippen LogP contribution in [0.1, 0.15) is 16.8 Å². The first-order chi connectivity index (χ1) is 12.9. The number of anilines is 2. The van der Waals surface area contributed by atoms with Gasteiger partial charge in [-0.1, -0.05) is 23.7 Å². The summed E-state index contributed by atoms with van der Waals surface area (Å²) in [6.45, 7) is 0.0555. The number of carbonyl (C=O) groups excluding carboxylic acids is 3. The Bertz CT molecular complexity index is 918. The molecule has 1 heterocycles. The highest BCUT2D eigenvalue weighted by atomic mass is 35.5. The van der Waals surface area contributed by atoms with Crippen LogP contribution in [0.5, 0.6) is 0 Å². The van der Waals surface area contributed by atoms with E-state index in [0.717, 1.165) is 0 Å². The van der Waals surface area contributed by atoms with Gasteiger partial charge in [-0.15, -0.1) is 0 Å². The molecule has 1 aliphatic heterocycles. The summed E-state index contributed by atoms with van der Waals surface area (Å²) < 4.78 is 18.6. The van der Waals surface area contributed by atoms with Crippen molar-refractivity contribution in [2.45, 2.75) is 6.42 Å². The van der Waals surface area contributed by atoms with E-state index in [1.807, 2.05) is 0 Å². The SMILES string of the molecule is COC(=O)c1ccc(Cl)c(NC(=O)C2CC(=O)N(c3ccccc3F)C2)c1. The average molecular weight is 391 g/mol. The van der Waals surface area contributed by atoms with Crippen molar-refractivity contribution in [2.24, 2.45) is 5.92 Å². The second-order valence-corrected chi connectivity index (χ2v) is 6.44. The molecule has 0 spiro atoms. The van der Waals surface area contributed by atoms with Gasteiger partial charge in [-0.3, -0.25) is 9.59 Å². The summed E-state index contributed by atoms with van der Waals surface area (Å²) in [6, 6.07) is 10.2. The molecule has 2 amide bonds. The third-order valence-electron chi connectivity index (χ3n) is 4.28. The number of amides is 2. The maximum absolute atomic E-state index is 13.9. The minimum atomic E-state index is -0.671. The molecule has 8 heteroatoms. The first kappa shape index (κ1) is 18.8. The zero-order valence-electron chi connectivity index (χ0n) is 14.4. The van der Waals surface area contributed by atoms with Crippen molar-refractivity contribution in [3.05, 3.63) is 58.9 Å². The van der Waals surface area contributed by atoms with Crippen LogP contribution in [0.2, 0.25) is 5.02 Å². The van der Waals surface area contributed by atoms with Gasteiger partial charge in [0, 0.05) is 13.0 Å². The lowest BCUT2D eigenvalue weighted by atomic mass is 10.1. The number of para-hydroxylation sites is 1. The van der Waals surface area contributed by atoms with E-state index >= 15 is 0 Å². The molecule has 140 valence electrons. The van der Waals surface area contributed by atoms with Crippen molar-refractivity contribution in [1.82, 2.24) is 0 Å². The van der Waals surface area contributed by atoms with E-state index in [0.29, 0.717) is 0 Å². The molecule has 1 fully saturated rings. The van der Waals surface area contributed by atoms with E-state index in [-0.39, 0.29) is 40.8 Å². The maximum atomic E-state index is 13.9. The maximum Gasteiger partial charge on any atom is 0.337 e. The smallest absolute Gasteiger partial charge is 0.337 e. The summed E-state index contributed by atoms with van der Waals surface area (Å²) in [5.41, 5.74) is 0.609. The Morgan fingerprint density at radius 3 is 2.70 bits per heavy atom. The molecule has 2 aromatic carbocycles. The Hall–Kier alpha value is -2.93. The van der Waals surface area contributed by atoms with Gasteiger partial charge < -0.3 is 15.0 Å². The first-order valence-electron chi connectivity index (χ1n) is 8.14. The van der Waals surface area contributed by atoms with E-state index in [1.54, 1.807) is 6.07 Å². The molecule has 1 N–H and O–H groups in total. The van der Waals surface area contributed by atoms with Crippen LogP contribution >= 0.6 is 11.6 Å². The van der Waals surface area contributed by atoms with Crippen LogP contribution in [-0.4, -0.2) is 31.4 Å². The van der Waals surface area contributed by atoms with Crippen molar-refractivity contribution < 1.29 is 23.5 Å².